The molecule has 0 aliphatic carbocycles. The Morgan fingerprint density at radius 2 is 1.94 bits per heavy atom. The van der Waals surface area contributed by atoms with Gasteiger partial charge in [-0.25, -0.2) is 4.68 Å². The number of nitrogens with two attached hydrogens (primary N) is 1. The van der Waals surface area contributed by atoms with E-state index in [2.05, 4.69) is 10.4 Å². The number of para-hydroxylation sites is 1. The minimum atomic E-state index is -4.93. The van der Waals surface area contributed by atoms with Crippen molar-refractivity contribution in [2.24, 2.45) is 5.73 Å². The van der Waals surface area contributed by atoms with E-state index in [0.29, 0.717) is 78.5 Å². The number of aliphatic hydroxyl groups is 1. The zero-order chi connectivity index (χ0) is 33.7. The average Bonchev–Trinajstić information content (AvgIpc) is 3.78. The Morgan fingerprint density at radius 1 is 1.17 bits per heavy atom. The summed E-state index contributed by atoms with van der Waals surface area (Å²) in [5.74, 6) is -0.251. The van der Waals surface area contributed by atoms with Gasteiger partial charge in [-0.15, -0.1) is 0 Å². The van der Waals surface area contributed by atoms with Gasteiger partial charge < -0.3 is 30.7 Å². The second kappa shape index (κ2) is 11.9. The van der Waals surface area contributed by atoms with Crippen LogP contribution in [-0.2, 0) is 23.2 Å². The largest absolute Gasteiger partial charge is 0.493 e. The number of benzene rings is 2. The predicted molar refractivity (Wildman–Crippen MR) is 169 cm³/mol. The number of aromatic nitrogens is 2. The normalized spacial score (nSPS) is 19.0. The third kappa shape index (κ3) is 6.04. The smallest absolute Gasteiger partial charge is 0.418 e. The van der Waals surface area contributed by atoms with Crippen LogP contribution in [0.15, 0.2) is 54.9 Å². The molecule has 0 spiro atoms. The van der Waals surface area contributed by atoms with E-state index in [0.717, 1.165) is 5.56 Å². The molecule has 1 unspecified atom stereocenters. The highest BCUT2D eigenvalue weighted by molar-refractivity contribution is 5.98. The molecule has 10 nitrogen and oxygen atoms in total. The van der Waals surface area contributed by atoms with Crippen LogP contribution in [0.4, 0.5) is 13.2 Å². The Balaban J connectivity index is 1.24. The van der Waals surface area contributed by atoms with Crippen molar-refractivity contribution in [2.45, 2.75) is 69.3 Å². The van der Waals surface area contributed by atoms with Crippen molar-refractivity contribution in [2.75, 3.05) is 26.7 Å². The lowest BCUT2D eigenvalue weighted by Crippen LogP contribution is -2.55. The van der Waals surface area contributed by atoms with Crippen LogP contribution in [0, 0.1) is 0 Å². The molecule has 13 heteroatoms. The molecule has 3 aromatic rings. The molecule has 4 N–H and O–H groups in total. The number of hydrogen-bond donors (Lipinski definition) is 3. The van der Waals surface area contributed by atoms with Crippen molar-refractivity contribution < 1.29 is 32.6 Å². The molecule has 0 saturated carbocycles. The number of hydrogen-bond acceptors (Lipinski definition) is 7. The molecule has 3 aliphatic rings. The van der Waals surface area contributed by atoms with E-state index >= 15 is 0 Å². The molecule has 1 aromatic heterocycles. The number of rotatable bonds is 9. The summed E-state index contributed by atoms with van der Waals surface area (Å²) in [5.41, 5.74) is 5.54. The maximum absolute atomic E-state index is 14.6. The predicted octanol–water partition coefficient (Wildman–Crippen LogP) is 3.89. The molecule has 4 heterocycles. The second-order valence-electron chi connectivity index (χ2n) is 13.3. The van der Waals surface area contributed by atoms with Gasteiger partial charge in [-0.2, -0.15) is 18.3 Å². The lowest BCUT2D eigenvalue weighted by Gasteiger charge is -2.39. The van der Waals surface area contributed by atoms with Crippen molar-refractivity contribution in [3.63, 3.8) is 0 Å². The summed E-state index contributed by atoms with van der Waals surface area (Å²) in [7, 11) is 1.79. The van der Waals surface area contributed by atoms with Gasteiger partial charge >= 0.3 is 6.18 Å². The molecular formula is C34H39F3N6O4. The number of carbonyl (C=O) groups is 2. The van der Waals surface area contributed by atoms with Crippen LogP contribution in [-0.4, -0.2) is 81.1 Å². The number of alkyl halides is 3. The highest BCUT2D eigenvalue weighted by Gasteiger charge is 2.56. The Morgan fingerprint density at radius 3 is 2.68 bits per heavy atom. The summed E-state index contributed by atoms with van der Waals surface area (Å²) < 4.78 is 51.3. The number of halogens is 3. The van der Waals surface area contributed by atoms with E-state index in [-0.39, 0.29) is 5.91 Å². The summed E-state index contributed by atoms with van der Waals surface area (Å²) >= 11 is 0. The molecule has 3 aliphatic heterocycles. The van der Waals surface area contributed by atoms with Gasteiger partial charge in [0.1, 0.15) is 11.8 Å². The number of fused-ring (bicyclic) bond motifs is 2. The fraction of sp³-hybridized carbons (Fsp3) is 0.441. The van der Waals surface area contributed by atoms with Gasteiger partial charge in [-0.3, -0.25) is 9.59 Å². The van der Waals surface area contributed by atoms with Crippen molar-refractivity contribution in [1.29, 1.82) is 0 Å². The van der Waals surface area contributed by atoms with Crippen LogP contribution in [0.5, 0.6) is 5.75 Å². The quantitative estimate of drug-likeness (QED) is 0.320. The first-order valence-electron chi connectivity index (χ1n) is 15.7. The number of amides is 2. The number of ether oxygens (including phenoxy) is 1. The first kappa shape index (κ1) is 32.4. The standard InChI is InChI=1S/C34H39F3N6O4/c1-32(2,25-10-5-7-21-12-14-47-29(21)25)19-33(46,34(35,36)37)20-39-26-17-41(3)18-28-24(26)16-40-43(28)23-9-4-8-22(15-23)31(45)42-13-6-11-27(42)30(38)44/h4-5,7-10,15-17,27,39,46H,6,11-14,18-20H2,1-3H3,(H2,38,44)/t27-,33?/m1/s1. The number of primary amides is 1. The summed E-state index contributed by atoms with van der Waals surface area (Å²) in [6.07, 6.45) is -0.391. The first-order chi connectivity index (χ1) is 22.2. The molecule has 2 amide bonds. The van der Waals surface area contributed by atoms with E-state index in [9.17, 15) is 27.9 Å². The minimum Gasteiger partial charge on any atom is -0.493 e. The van der Waals surface area contributed by atoms with Gasteiger partial charge in [0.2, 0.25) is 5.91 Å². The van der Waals surface area contributed by atoms with Crippen molar-refractivity contribution in [3.8, 4) is 11.4 Å². The van der Waals surface area contributed by atoms with Gasteiger partial charge in [0.25, 0.3) is 5.91 Å². The maximum Gasteiger partial charge on any atom is 0.418 e. The molecule has 2 atom stereocenters. The van der Waals surface area contributed by atoms with Crippen LogP contribution in [0.2, 0.25) is 0 Å². The summed E-state index contributed by atoms with van der Waals surface area (Å²) in [6.45, 7) is 3.88. The number of carbonyl (C=O) groups excluding carboxylic acids is 2. The first-order valence-corrected chi connectivity index (χ1v) is 15.7. The zero-order valence-corrected chi connectivity index (χ0v) is 26.6. The fourth-order valence-electron chi connectivity index (χ4n) is 7.01. The Kier molecular flexibility index (Phi) is 8.23. The van der Waals surface area contributed by atoms with Gasteiger partial charge in [0, 0.05) is 42.9 Å². The van der Waals surface area contributed by atoms with E-state index < -0.39 is 42.1 Å². The highest BCUT2D eigenvalue weighted by Crippen LogP contribution is 2.45. The van der Waals surface area contributed by atoms with Gasteiger partial charge in [0.15, 0.2) is 5.60 Å². The Bertz CT molecular complexity index is 1730. The lowest BCUT2D eigenvalue weighted by molar-refractivity contribution is -0.263. The number of likely N-dealkylation sites (tertiary alicyclic amines) is 1. The molecule has 6 rings (SSSR count). The third-order valence-electron chi connectivity index (χ3n) is 9.36. The van der Waals surface area contributed by atoms with Crippen LogP contribution < -0.4 is 15.8 Å². The minimum absolute atomic E-state index is 0.310. The molecule has 0 radical (unpaired) electrons. The van der Waals surface area contributed by atoms with E-state index in [1.165, 1.54) is 4.90 Å². The van der Waals surface area contributed by atoms with Gasteiger partial charge in [0.05, 0.1) is 43.0 Å². The number of nitrogens with one attached hydrogen (secondary N) is 1. The van der Waals surface area contributed by atoms with E-state index in [1.807, 2.05) is 12.1 Å². The topological polar surface area (TPSA) is 126 Å². The molecule has 2 aromatic carbocycles. The van der Waals surface area contributed by atoms with Crippen molar-refractivity contribution in [1.82, 2.24) is 24.9 Å². The fourth-order valence-corrected chi connectivity index (χ4v) is 7.01. The Labute approximate surface area is 271 Å². The van der Waals surface area contributed by atoms with E-state index in [4.69, 9.17) is 10.5 Å². The molecule has 0 bridgehead atoms. The molecule has 250 valence electrons. The summed E-state index contributed by atoms with van der Waals surface area (Å²) in [4.78, 5) is 28.5. The Hall–Kier alpha value is -4.52. The summed E-state index contributed by atoms with van der Waals surface area (Å²) in [6, 6.07) is 11.7. The maximum atomic E-state index is 14.6. The highest BCUT2D eigenvalue weighted by atomic mass is 19.4. The lowest BCUT2D eigenvalue weighted by atomic mass is 9.74. The average molecular weight is 653 g/mol. The van der Waals surface area contributed by atoms with Crippen LogP contribution in [0.25, 0.3) is 11.4 Å². The van der Waals surface area contributed by atoms with Crippen LogP contribution in [0.1, 0.15) is 65.9 Å². The van der Waals surface area contributed by atoms with Gasteiger partial charge in [-0.05, 0) is 48.4 Å². The molecule has 1 saturated heterocycles. The molecule has 47 heavy (non-hydrogen) atoms. The third-order valence-corrected chi connectivity index (χ3v) is 9.36. The van der Waals surface area contributed by atoms with Crippen molar-refractivity contribution in [3.05, 3.63) is 82.8 Å². The van der Waals surface area contributed by atoms with Gasteiger partial charge in [-0.1, -0.05) is 38.1 Å². The molecular weight excluding hydrogens is 613 g/mol. The number of nitrogens with zero attached hydrogens (tertiary/aromatic N) is 4. The van der Waals surface area contributed by atoms with Crippen LogP contribution in [0.3, 0.4) is 0 Å². The second-order valence-corrected chi connectivity index (χ2v) is 13.3. The zero-order valence-electron chi connectivity index (χ0n) is 26.6. The monoisotopic (exact) mass is 652 g/mol. The molecule has 1 fully saturated rings. The summed E-state index contributed by atoms with van der Waals surface area (Å²) in [5, 5.41) is 18.7. The van der Waals surface area contributed by atoms with Crippen molar-refractivity contribution >= 4 is 17.5 Å². The van der Waals surface area contributed by atoms with E-state index in [1.54, 1.807) is 73.2 Å². The van der Waals surface area contributed by atoms with Crippen LogP contribution >= 0.6 is 0 Å². The SMILES string of the molecule is CN1C=C(NCC(O)(CC(C)(C)c2cccc3c2OCC3)C(F)(F)F)c2cnn(-c3cccc(C(=O)N4CCC[C@@H]4C(N)=O)c3)c2C1.